The largest absolute Gasteiger partial charge is 0.310 e. The lowest BCUT2D eigenvalue weighted by Gasteiger charge is -2.21. The third-order valence-corrected chi connectivity index (χ3v) is 4.13. The van der Waals surface area contributed by atoms with Gasteiger partial charge in [0.25, 0.3) is 0 Å². The van der Waals surface area contributed by atoms with Crippen molar-refractivity contribution in [2.75, 3.05) is 0 Å². The van der Waals surface area contributed by atoms with E-state index in [9.17, 15) is 0 Å². The lowest BCUT2D eigenvalue weighted by atomic mass is 10.1. The number of fused-ring (bicyclic) bond motifs is 1. The predicted molar refractivity (Wildman–Crippen MR) is 67.6 cm³/mol. The molecule has 0 aliphatic heterocycles. The first-order chi connectivity index (χ1) is 7.86. The maximum atomic E-state index is 3.87. The second-order valence-corrected chi connectivity index (χ2v) is 5.39. The smallest absolute Gasteiger partial charge is 0.0151 e. The Kier molecular flexibility index (Phi) is 2.72. The van der Waals surface area contributed by atoms with Crippen molar-refractivity contribution in [2.45, 2.75) is 51.1 Å². The van der Waals surface area contributed by atoms with Gasteiger partial charge in [0, 0.05) is 12.1 Å². The number of benzene rings is 1. The number of nitrogens with one attached hydrogen (secondary N) is 1. The van der Waals surface area contributed by atoms with Gasteiger partial charge in [0.2, 0.25) is 0 Å². The summed E-state index contributed by atoms with van der Waals surface area (Å²) in [6.07, 6.45) is 6.66. The van der Waals surface area contributed by atoms with Gasteiger partial charge in [0.15, 0.2) is 0 Å². The molecule has 1 nitrogen and oxygen atoms in total. The fourth-order valence-corrected chi connectivity index (χ4v) is 3.07. The van der Waals surface area contributed by atoms with Crippen LogP contribution >= 0.6 is 0 Å². The monoisotopic (exact) mass is 215 g/mol. The Morgan fingerprint density at radius 2 is 1.81 bits per heavy atom. The Morgan fingerprint density at radius 3 is 2.31 bits per heavy atom. The molecule has 1 heteroatoms. The SMILES string of the molecule is CCC(NC1Cc2ccccc2C1)C1CC1. The fraction of sp³-hybridized carbons (Fsp3) is 0.600. The predicted octanol–water partition coefficient (Wildman–Crippen LogP) is 2.93. The molecule has 16 heavy (non-hydrogen) atoms. The van der Waals surface area contributed by atoms with E-state index in [2.05, 4.69) is 36.5 Å². The summed E-state index contributed by atoms with van der Waals surface area (Å²) in [6.45, 7) is 2.32. The lowest BCUT2D eigenvalue weighted by molar-refractivity contribution is 0.391. The standard InChI is InChI=1S/C15H21N/c1-2-15(11-7-8-11)16-14-9-12-5-3-4-6-13(12)10-14/h3-6,11,14-16H,2,7-10H2,1H3. The van der Waals surface area contributed by atoms with Crippen molar-refractivity contribution in [1.82, 2.24) is 5.32 Å². The summed E-state index contributed by atoms with van der Waals surface area (Å²) >= 11 is 0. The second kappa shape index (κ2) is 4.21. The maximum absolute atomic E-state index is 3.87. The van der Waals surface area contributed by atoms with Crippen molar-refractivity contribution in [1.29, 1.82) is 0 Å². The molecular formula is C15H21N. The van der Waals surface area contributed by atoms with Crippen LogP contribution in [0.3, 0.4) is 0 Å². The molecule has 1 aromatic carbocycles. The molecule has 3 rings (SSSR count). The molecule has 0 amide bonds. The van der Waals surface area contributed by atoms with Crippen LogP contribution in [-0.2, 0) is 12.8 Å². The van der Waals surface area contributed by atoms with Crippen LogP contribution in [0.4, 0.5) is 0 Å². The molecule has 2 aliphatic rings. The van der Waals surface area contributed by atoms with E-state index in [1.54, 1.807) is 11.1 Å². The number of rotatable bonds is 4. The summed E-state index contributed by atoms with van der Waals surface area (Å²) in [6, 6.07) is 10.4. The summed E-state index contributed by atoms with van der Waals surface area (Å²) < 4.78 is 0. The number of hydrogen-bond acceptors (Lipinski definition) is 1. The minimum Gasteiger partial charge on any atom is -0.310 e. The zero-order valence-electron chi connectivity index (χ0n) is 10.1. The third-order valence-electron chi connectivity index (χ3n) is 4.13. The van der Waals surface area contributed by atoms with Crippen molar-refractivity contribution in [3.05, 3.63) is 35.4 Å². The molecule has 1 N–H and O–H groups in total. The van der Waals surface area contributed by atoms with Gasteiger partial charge in [0.1, 0.15) is 0 Å². The van der Waals surface area contributed by atoms with Gasteiger partial charge in [-0.1, -0.05) is 31.2 Å². The Hall–Kier alpha value is -0.820. The molecule has 0 bridgehead atoms. The van der Waals surface area contributed by atoms with E-state index in [-0.39, 0.29) is 0 Å². The fourth-order valence-electron chi connectivity index (χ4n) is 3.07. The Balaban J connectivity index is 1.62. The van der Waals surface area contributed by atoms with Crippen LogP contribution in [0, 0.1) is 5.92 Å². The Morgan fingerprint density at radius 1 is 1.19 bits per heavy atom. The quantitative estimate of drug-likeness (QED) is 0.814. The van der Waals surface area contributed by atoms with E-state index in [4.69, 9.17) is 0 Å². The zero-order valence-corrected chi connectivity index (χ0v) is 10.1. The minimum atomic E-state index is 0.697. The molecule has 86 valence electrons. The molecule has 1 unspecified atom stereocenters. The van der Waals surface area contributed by atoms with Gasteiger partial charge in [-0.25, -0.2) is 0 Å². The first kappa shape index (κ1) is 10.3. The summed E-state index contributed by atoms with van der Waals surface area (Å²) in [4.78, 5) is 0. The maximum Gasteiger partial charge on any atom is 0.0151 e. The van der Waals surface area contributed by atoms with Gasteiger partial charge < -0.3 is 5.32 Å². The van der Waals surface area contributed by atoms with E-state index in [1.165, 1.54) is 32.1 Å². The van der Waals surface area contributed by atoms with Gasteiger partial charge in [-0.2, -0.15) is 0 Å². The summed E-state index contributed by atoms with van der Waals surface area (Å²) in [5.74, 6) is 0.980. The molecule has 0 spiro atoms. The van der Waals surface area contributed by atoms with E-state index < -0.39 is 0 Å². The van der Waals surface area contributed by atoms with Crippen molar-refractivity contribution in [2.24, 2.45) is 5.92 Å². The van der Waals surface area contributed by atoms with Crippen molar-refractivity contribution < 1.29 is 0 Å². The van der Waals surface area contributed by atoms with Crippen LogP contribution in [0.2, 0.25) is 0 Å². The highest BCUT2D eigenvalue weighted by Crippen LogP contribution is 2.35. The Labute approximate surface area is 98.3 Å². The van der Waals surface area contributed by atoms with Gasteiger partial charge >= 0.3 is 0 Å². The highest BCUT2D eigenvalue weighted by Gasteiger charge is 2.32. The molecule has 0 saturated heterocycles. The molecule has 0 radical (unpaired) electrons. The van der Waals surface area contributed by atoms with Crippen LogP contribution in [0.15, 0.2) is 24.3 Å². The molecule has 0 aromatic heterocycles. The molecule has 1 fully saturated rings. The topological polar surface area (TPSA) is 12.0 Å². The first-order valence-corrected chi connectivity index (χ1v) is 6.69. The summed E-state index contributed by atoms with van der Waals surface area (Å²) in [5, 5.41) is 3.87. The molecule has 1 atom stereocenters. The molecule has 1 aromatic rings. The van der Waals surface area contributed by atoms with Gasteiger partial charge in [-0.15, -0.1) is 0 Å². The molecule has 0 heterocycles. The first-order valence-electron chi connectivity index (χ1n) is 6.69. The van der Waals surface area contributed by atoms with Crippen LogP contribution in [-0.4, -0.2) is 12.1 Å². The van der Waals surface area contributed by atoms with E-state index >= 15 is 0 Å². The van der Waals surface area contributed by atoms with Crippen LogP contribution in [0.5, 0.6) is 0 Å². The highest BCUT2D eigenvalue weighted by molar-refractivity contribution is 5.33. The van der Waals surface area contributed by atoms with E-state index in [0.29, 0.717) is 6.04 Å². The van der Waals surface area contributed by atoms with Crippen LogP contribution < -0.4 is 5.32 Å². The van der Waals surface area contributed by atoms with E-state index in [1.807, 2.05) is 0 Å². The minimum absolute atomic E-state index is 0.697. The highest BCUT2D eigenvalue weighted by atomic mass is 15.0. The average molecular weight is 215 g/mol. The van der Waals surface area contributed by atoms with Crippen molar-refractivity contribution in [3.63, 3.8) is 0 Å². The van der Waals surface area contributed by atoms with Crippen molar-refractivity contribution >= 4 is 0 Å². The van der Waals surface area contributed by atoms with E-state index in [0.717, 1.165) is 12.0 Å². The summed E-state index contributed by atoms with van der Waals surface area (Å²) in [5.41, 5.74) is 3.12. The van der Waals surface area contributed by atoms with Crippen LogP contribution in [0.25, 0.3) is 0 Å². The van der Waals surface area contributed by atoms with Gasteiger partial charge in [-0.3, -0.25) is 0 Å². The van der Waals surface area contributed by atoms with Gasteiger partial charge in [0.05, 0.1) is 0 Å². The normalized spacial score (nSPS) is 22.1. The Bertz CT molecular complexity index is 342. The third kappa shape index (κ3) is 2.01. The van der Waals surface area contributed by atoms with Gasteiger partial charge in [-0.05, 0) is 49.1 Å². The summed E-state index contributed by atoms with van der Waals surface area (Å²) in [7, 11) is 0. The molecule has 1 saturated carbocycles. The van der Waals surface area contributed by atoms with Crippen molar-refractivity contribution in [3.8, 4) is 0 Å². The second-order valence-electron chi connectivity index (χ2n) is 5.39. The molecule has 2 aliphatic carbocycles. The lowest BCUT2D eigenvalue weighted by Crippen LogP contribution is -2.39. The average Bonchev–Trinajstić information content (AvgIpc) is 3.06. The van der Waals surface area contributed by atoms with Crippen LogP contribution in [0.1, 0.15) is 37.3 Å². The molecular weight excluding hydrogens is 194 g/mol. The number of hydrogen-bond donors (Lipinski definition) is 1. The zero-order chi connectivity index (χ0) is 11.0.